The average Bonchev–Trinajstić information content (AvgIpc) is 3.25. The summed E-state index contributed by atoms with van der Waals surface area (Å²) >= 11 is 0. The van der Waals surface area contributed by atoms with Crippen LogP contribution in [0.3, 0.4) is 0 Å². The monoisotopic (exact) mass is 345 g/mol. The van der Waals surface area contributed by atoms with Gasteiger partial charge in [-0.05, 0) is 61.6 Å². The fraction of sp³-hybridized carbons (Fsp3) is 0.600. The molecule has 5 heteroatoms. The molecule has 4 nitrogen and oxygen atoms in total. The van der Waals surface area contributed by atoms with Crippen molar-refractivity contribution in [1.29, 1.82) is 0 Å². The van der Waals surface area contributed by atoms with Crippen LogP contribution in [-0.2, 0) is 16.0 Å². The Labute approximate surface area is 147 Å². The molecule has 1 aromatic rings. The minimum atomic E-state index is -0.693. The first-order valence-corrected chi connectivity index (χ1v) is 9.21. The van der Waals surface area contributed by atoms with Gasteiger partial charge in [0.25, 0.3) is 0 Å². The van der Waals surface area contributed by atoms with E-state index in [1.807, 2.05) is 11.0 Å². The number of carboxylic acid groups (broad SMARTS) is 1. The summed E-state index contributed by atoms with van der Waals surface area (Å²) in [4.78, 5) is 26.3. The molecular formula is C20H24FNO3. The van der Waals surface area contributed by atoms with Crippen molar-refractivity contribution in [2.75, 3.05) is 13.1 Å². The highest BCUT2D eigenvalue weighted by molar-refractivity contribution is 5.84. The predicted molar refractivity (Wildman–Crippen MR) is 90.4 cm³/mol. The molecule has 4 rings (SSSR count). The van der Waals surface area contributed by atoms with E-state index in [1.165, 1.54) is 12.1 Å². The second-order valence-electron chi connectivity index (χ2n) is 8.19. The van der Waals surface area contributed by atoms with Gasteiger partial charge in [0, 0.05) is 13.1 Å². The zero-order valence-electron chi connectivity index (χ0n) is 14.3. The summed E-state index contributed by atoms with van der Waals surface area (Å²) in [5.41, 5.74) is 0.445. The maximum Gasteiger partial charge on any atom is 0.307 e. The van der Waals surface area contributed by atoms with Crippen molar-refractivity contribution in [2.24, 2.45) is 16.7 Å². The van der Waals surface area contributed by atoms with Crippen molar-refractivity contribution >= 4 is 11.9 Å². The lowest BCUT2D eigenvalue weighted by Crippen LogP contribution is -2.51. The van der Waals surface area contributed by atoms with Crippen LogP contribution < -0.4 is 0 Å². The molecule has 1 spiro atoms. The van der Waals surface area contributed by atoms with Gasteiger partial charge in [-0.15, -0.1) is 0 Å². The van der Waals surface area contributed by atoms with Crippen molar-refractivity contribution < 1.29 is 19.1 Å². The Kier molecular flexibility index (Phi) is 3.85. The van der Waals surface area contributed by atoms with Crippen LogP contribution in [-0.4, -0.2) is 35.0 Å². The zero-order chi connectivity index (χ0) is 17.7. The zero-order valence-corrected chi connectivity index (χ0v) is 14.3. The predicted octanol–water partition coefficient (Wildman–Crippen LogP) is 3.25. The molecule has 1 saturated heterocycles. The Balaban J connectivity index is 1.42. The van der Waals surface area contributed by atoms with Gasteiger partial charge in [-0.2, -0.15) is 0 Å². The van der Waals surface area contributed by atoms with Gasteiger partial charge in [0.2, 0.25) is 5.91 Å². The molecule has 2 saturated carbocycles. The smallest absolute Gasteiger partial charge is 0.307 e. The van der Waals surface area contributed by atoms with Crippen molar-refractivity contribution in [3.8, 4) is 0 Å². The Bertz CT molecular complexity index is 705. The lowest BCUT2D eigenvalue weighted by atomic mass is 9.64. The first-order valence-electron chi connectivity index (χ1n) is 9.21. The van der Waals surface area contributed by atoms with Crippen LogP contribution >= 0.6 is 0 Å². The SMILES string of the molecule is O=C(O)C1CC12CCN(C(=O)C1(Cc3cccc(F)c3)CCC1)CC2. The molecule has 0 aromatic heterocycles. The Morgan fingerprint density at radius 1 is 1.20 bits per heavy atom. The average molecular weight is 345 g/mol. The first-order chi connectivity index (χ1) is 11.9. The standard InChI is InChI=1S/C20H24FNO3/c21-15-4-1-3-14(11-15)12-20(5-2-6-20)18(25)22-9-7-19(8-10-22)13-16(19)17(23)24/h1,3-4,11,16H,2,5-10,12-13H2,(H,23,24). The lowest BCUT2D eigenvalue weighted by Gasteiger charge is -2.45. The largest absolute Gasteiger partial charge is 0.481 e. The molecule has 3 fully saturated rings. The number of amides is 1. The molecule has 1 unspecified atom stereocenters. The number of hydrogen-bond donors (Lipinski definition) is 1. The molecular weight excluding hydrogens is 321 g/mol. The summed E-state index contributed by atoms with van der Waals surface area (Å²) in [5, 5.41) is 9.20. The fourth-order valence-electron chi connectivity index (χ4n) is 4.85. The Hall–Kier alpha value is -1.91. The Morgan fingerprint density at radius 3 is 2.44 bits per heavy atom. The molecule has 1 heterocycles. The number of carbonyl (C=O) groups is 2. The summed E-state index contributed by atoms with van der Waals surface area (Å²) in [6.07, 6.45) is 5.72. The van der Waals surface area contributed by atoms with Crippen LogP contribution in [0.25, 0.3) is 0 Å². The van der Waals surface area contributed by atoms with E-state index in [4.69, 9.17) is 0 Å². The van der Waals surface area contributed by atoms with Crippen LogP contribution in [0.1, 0.15) is 44.1 Å². The van der Waals surface area contributed by atoms with Gasteiger partial charge < -0.3 is 10.0 Å². The number of hydrogen-bond acceptors (Lipinski definition) is 2. The number of likely N-dealkylation sites (tertiary alicyclic amines) is 1. The minimum Gasteiger partial charge on any atom is -0.481 e. The molecule has 1 aliphatic heterocycles. The first kappa shape index (κ1) is 16.6. The van der Waals surface area contributed by atoms with Gasteiger partial charge in [0.1, 0.15) is 5.82 Å². The molecule has 1 N–H and O–H groups in total. The fourth-order valence-corrected chi connectivity index (χ4v) is 4.85. The van der Waals surface area contributed by atoms with E-state index in [0.29, 0.717) is 19.5 Å². The van der Waals surface area contributed by atoms with Gasteiger partial charge in [0.15, 0.2) is 0 Å². The second kappa shape index (κ2) is 5.82. The second-order valence-corrected chi connectivity index (χ2v) is 8.19. The van der Waals surface area contributed by atoms with Crippen LogP contribution in [0.4, 0.5) is 4.39 Å². The van der Waals surface area contributed by atoms with E-state index in [1.54, 1.807) is 6.07 Å². The molecule has 0 bridgehead atoms. The van der Waals surface area contributed by atoms with Crippen molar-refractivity contribution in [3.63, 3.8) is 0 Å². The van der Waals surface area contributed by atoms with Crippen LogP contribution in [0.15, 0.2) is 24.3 Å². The van der Waals surface area contributed by atoms with E-state index in [2.05, 4.69) is 0 Å². The molecule has 2 aliphatic carbocycles. The van der Waals surface area contributed by atoms with E-state index in [-0.39, 0.29) is 28.5 Å². The van der Waals surface area contributed by atoms with Gasteiger partial charge in [0.05, 0.1) is 11.3 Å². The molecule has 1 atom stereocenters. The third-order valence-electron chi connectivity index (χ3n) is 6.73. The van der Waals surface area contributed by atoms with E-state index < -0.39 is 5.97 Å². The molecule has 1 amide bonds. The maximum atomic E-state index is 13.5. The number of benzene rings is 1. The van der Waals surface area contributed by atoms with Crippen molar-refractivity contribution in [3.05, 3.63) is 35.6 Å². The summed E-state index contributed by atoms with van der Waals surface area (Å²) < 4.78 is 13.5. The van der Waals surface area contributed by atoms with Crippen molar-refractivity contribution in [1.82, 2.24) is 4.90 Å². The molecule has 0 radical (unpaired) electrons. The summed E-state index contributed by atoms with van der Waals surface area (Å²) in [6, 6.07) is 6.55. The van der Waals surface area contributed by atoms with Crippen LogP contribution in [0.2, 0.25) is 0 Å². The normalized spacial score (nSPS) is 26.1. The summed E-state index contributed by atoms with van der Waals surface area (Å²) in [7, 11) is 0. The van der Waals surface area contributed by atoms with E-state index in [0.717, 1.165) is 44.1 Å². The number of piperidine rings is 1. The molecule has 3 aliphatic rings. The van der Waals surface area contributed by atoms with Gasteiger partial charge >= 0.3 is 5.97 Å². The minimum absolute atomic E-state index is 0.0576. The van der Waals surface area contributed by atoms with Crippen LogP contribution in [0, 0.1) is 22.6 Å². The third-order valence-corrected chi connectivity index (χ3v) is 6.73. The highest BCUT2D eigenvalue weighted by atomic mass is 19.1. The number of rotatable bonds is 4. The number of halogens is 1. The maximum absolute atomic E-state index is 13.5. The highest BCUT2D eigenvalue weighted by Gasteiger charge is 2.59. The molecule has 134 valence electrons. The third kappa shape index (κ3) is 2.83. The number of nitrogens with zero attached hydrogens (tertiary/aromatic N) is 1. The van der Waals surface area contributed by atoms with Crippen molar-refractivity contribution in [2.45, 2.75) is 44.9 Å². The summed E-state index contributed by atoms with van der Waals surface area (Å²) in [6.45, 7) is 1.32. The lowest BCUT2D eigenvalue weighted by molar-refractivity contribution is -0.149. The summed E-state index contributed by atoms with van der Waals surface area (Å²) in [5.74, 6) is -0.978. The number of aliphatic carboxylic acids is 1. The molecule has 1 aromatic carbocycles. The van der Waals surface area contributed by atoms with Gasteiger partial charge in [-0.3, -0.25) is 9.59 Å². The Morgan fingerprint density at radius 2 is 1.92 bits per heavy atom. The van der Waals surface area contributed by atoms with E-state index >= 15 is 0 Å². The number of carboxylic acids is 1. The van der Waals surface area contributed by atoms with E-state index in [9.17, 15) is 19.1 Å². The molecule has 25 heavy (non-hydrogen) atoms. The van der Waals surface area contributed by atoms with Gasteiger partial charge in [-0.25, -0.2) is 4.39 Å². The number of carbonyl (C=O) groups excluding carboxylic acids is 1. The van der Waals surface area contributed by atoms with Gasteiger partial charge in [-0.1, -0.05) is 18.6 Å². The quantitative estimate of drug-likeness (QED) is 0.911. The highest BCUT2D eigenvalue weighted by Crippen LogP contribution is 2.59. The topological polar surface area (TPSA) is 57.6 Å². The van der Waals surface area contributed by atoms with Crippen LogP contribution in [0.5, 0.6) is 0 Å².